The van der Waals surface area contributed by atoms with Crippen LogP contribution in [-0.2, 0) is 4.79 Å². The Balaban J connectivity index is 2.18. The minimum Gasteiger partial charge on any atom is -0.496 e. The molecule has 0 aromatic heterocycles. The Morgan fingerprint density at radius 3 is 2.90 bits per heavy atom. The number of nitrogens with zero attached hydrogens (tertiary/aromatic N) is 1. The summed E-state index contributed by atoms with van der Waals surface area (Å²) in [5, 5.41) is 8.85. The van der Waals surface area contributed by atoms with Gasteiger partial charge in [-0.3, -0.25) is 9.59 Å². The van der Waals surface area contributed by atoms with Crippen LogP contribution >= 0.6 is 0 Å². The smallest absolute Gasteiger partial charge is 0.303 e. The van der Waals surface area contributed by atoms with Crippen molar-refractivity contribution >= 4 is 11.9 Å². The topological polar surface area (TPSA) is 66.8 Å². The van der Waals surface area contributed by atoms with Crippen LogP contribution in [0.5, 0.6) is 5.75 Å². The molecule has 2 rings (SSSR count). The lowest BCUT2D eigenvalue weighted by Crippen LogP contribution is -2.41. The van der Waals surface area contributed by atoms with Crippen molar-refractivity contribution in [1.82, 2.24) is 4.90 Å². The third-order valence-corrected chi connectivity index (χ3v) is 3.68. The molecule has 1 aliphatic rings. The van der Waals surface area contributed by atoms with Gasteiger partial charge in [-0.05, 0) is 30.9 Å². The summed E-state index contributed by atoms with van der Waals surface area (Å²) < 4.78 is 19.0. The summed E-state index contributed by atoms with van der Waals surface area (Å²) in [4.78, 5) is 24.8. The van der Waals surface area contributed by atoms with Crippen molar-refractivity contribution in [2.75, 3.05) is 20.2 Å². The molecule has 1 atom stereocenters. The monoisotopic (exact) mass is 295 g/mol. The Bertz CT molecular complexity index is 546. The van der Waals surface area contributed by atoms with Crippen molar-refractivity contribution < 1.29 is 23.8 Å². The number of amides is 1. The normalized spacial score (nSPS) is 18.4. The quantitative estimate of drug-likeness (QED) is 0.924. The number of carboxylic acid groups (broad SMARTS) is 1. The van der Waals surface area contributed by atoms with E-state index in [1.807, 2.05) is 0 Å². The lowest BCUT2D eigenvalue weighted by molar-refractivity contribution is -0.138. The van der Waals surface area contributed by atoms with Gasteiger partial charge in [-0.2, -0.15) is 0 Å². The number of carbonyl (C=O) groups excluding carboxylic acids is 1. The molecule has 1 N–H and O–H groups in total. The largest absolute Gasteiger partial charge is 0.496 e. The van der Waals surface area contributed by atoms with Crippen LogP contribution in [0, 0.1) is 11.7 Å². The van der Waals surface area contributed by atoms with E-state index in [0.717, 1.165) is 12.8 Å². The van der Waals surface area contributed by atoms with Gasteiger partial charge in [-0.25, -0.2) is 4.39 Å². The van der Waals surface area contributed by atoms with Gasteiger partial charge in [0.05, 0.1) is 7.11 Å². The Hall–Kier alpha value is -2.11. The number of piperidine rings is 1. The molecule has 114 valence electrons. The second-order valence-corrected chi connectivity index (χ2v) is 5.17. The number of methoxy groups -OCH3 is 1. The highest BCUT2D eigenvalue weighted by molar-refractivity contribution is 5.97. The average Bonchev–Trinajstić information content (AvgIpc) is 2.45. The van der Waals surface area contributed by atoms with Gasteiger partial charge >= 0.3 is 5.97 Å². The molecule has 1 saturated heterocycles. The fraction of sp³-hybridized carbons (Fsp3) is 0.467. The minimum atomic E-state index is -0.877. The first kappa shape index (κ1) is 15.3. The summed E-state index contributed by atoms with van der Waals surface area (Å²) >= 11 is 0. The molecular formula is C15H18FNO4. The Morgan fingerprint density at radius 1 is 1.48 bits per heavy atom. The molecule has 0 aliphatic carbocycles. The number of likely N-dealkylation sites (tertiary alicyclic amines) is 1. The Morgan fingerprint density at radius 2 is 2.24 bits per heavy atom. The zero-order valence-electron chi connectivity index (χ0n) is 11.8. The van der Waals surface area contributed by atoms with Crippen LogP contribution in [0.15, 0.2) is 18.2 Å². The lowest BCUT2D eigenvalue weighted by Gasteiger charge is -2.32. The third-order valence-electron chi connectivity index (χ3n) is 3.68. The van der Waals surface area contributed by atoms with E-state index in [-0.39, 0.29) is 23.7 Å². The molecule has 1 amide bonds. The first-order chi connectivity index (χ1) is 10.0. The van der Waals surface area contributed by atoms with Crippen LogP contribution in [-0.4, -0.2) is 42.1 Å². The molecule has 1 aromatic rings. The molecule has 21 heavy (non-hydrogen) atoms. The van der Waals surface area contributed by atoms with E-state index in [0.29, 0.717) is 13.1 Å². The Labute approximate surface area is 122 Å². The predicted octanol–water partition coefficient (Wildman–Crippen LogP) is 2.16. The maximum atomic E-state index is 13.9. The van der Waals surface area contributed by atoms with Crippen molar-refractivity contribution in [3.63, 3.8) is 0 Å². The maximum absolute atomic E-state index is 13.9. The minimum absolute atomic E-state index is 0.0260. The van der Waals surface area contributed by atoms with Gasteiger partial charge in [-0.15, -0.1) is 0 Å². The van der Waals surface area contributed by atoms with Crippen molar-refractivity contribution in [3.05, 3.63) is 29.6 Å². The SMILES string of the molecule is COc1cccc(F)c1C(=O)N1CCCC(CC(=O)O)C1. The van der Waals surface area contributed by atoms with E-state index in [9.17, 15) is 14.0 Å². The molecular weight excluding hydrogens is 277 g/mol. The Kier molecular flexibility index (Phi) is 4.77. The van der Waals surface area contributed by atoms with E-state index in [2.05, 4.69) is 0 Å². The summed E-state index contributed by atoms with van der Waals surface area (Å²) in [6.07, 6.45) is 1.52. The van der Waals surface area contributed by atoms with Crippen molar-refractivity contribution in [2.24, 2.45) is 5.92 Å². The first-order valence-electron chi connectivity index (χ1n) is 6.86. The maximum Gasteiger partial charge on any atom is 0.303 e. The molecule has 0 radical (unpaired) electrons. The highest BCUT2D eigenvalue weighted by Gasteiger charge is 2.29. The van der Waals surface area contributed by atoms with Crippen molar-refractivity contribution in [2.45, 2.75) is 19.3 Å². The number of carbonyl (C=O) groups is 2. The van der Waals surface area contributed by atoms with Gasteiger partial charge in [0.15, 0.2) is 0 Å². The van der Waals surface area contributed by atoms with Gasteiger partial charge in [0.25, 0.3) is 5.91 Å². The molecule has 1 fully saturated rings. The molecule has 1 aliphatic heterocycles. The van der Waals surface area contributed by atoms with Gasteiger partial charge in [0.1, 0.15) is 17.1 Å². The van der Waals surface area contributed by atoms with E-state index < -0.39 is 17.7 Å². The number of benzene rings is 1. The molecule has 1 heterocycles. The number of ether oxygens (including phenoxy) is 1. The van der Waals surface area contributed by atoms with Gasteiger partial charge in [0, 0.05) is 19.5 Å². The summed E-state index contributed by atoms with van der Waals surface area (Å²) in [6, 6.07) is 4.23. The van der Waals surface area contributed by atoms with Crippen LogP contribution in [0.1, 0.15) is 29.6 Å². The number of halogens is 1. The fourth-order valence-electron chi connectivity index (χ4n) is 2.70. The van der Waals surface area contributed by atoms with Crippen LogP contribution in [0.3, 0.4) is 0 Å². The van der Waals surface area contributed by atoms with E-state index in [1.54, 1.807) is 0 Å². The number of carboxylic acids is 1. The number of aliphatic carboxylic acids is 1. The van der Waals surface area contributed by atoms with Crippen molar-refractivity contribution in [1.29, 1.82) is 0 Å². The summed E-state index contributed by atoms with van der Waals surface area (Å²) in [5.74, 6) is -1.84. The first-order valence-corrected chi connectivity index (χ1v) is 6.86. The molecule has 1 aromatic carbocycles. The third kappa shape index (κ3) is 3.51. The summed E-state index contributed by atoms with van der Waals surface area (Å²) in [5.41, 5.74) is -0.0871. The zero-order valence-corrected chi connectivity index (χ0v) is 11.8. The molecule has 0 bridgehead atoms. The van der Waals surface area contributed by atoms with Crippen molar-refractivity contribution in [3.8, 4) is 5.75 Å². The molecule has 5 nitrogen and oxygen atoms in total. The summed E-state index contributed by atoms with van der Waals surface area (Å²) in [6.45, 7) is 0.842. The van der Waals surface area contributed by atoms with Gasteiger partial charge in [-0.1, -0.05) is 6.07 Å². The highest BCUT2D eigenvalue weighted by Crippen LogP contribution is 2.26. The fourth-order valence-corrected chi connectivity index (χ4v) is 2.70. The van der Waals surface area contributed by atoms with Crippen LogP contribution in [0.25, 0.3) is 0 Å². The van der Waals surface area contributed by atoms with E-state index in [4.69, 9.17) is 9.84 Å². The standard InChI is InChI=1S/C15H18FNO4/c1-21-12-6-2-5-11(16)14(12)15(20)17-7-3-4-10(9-17)8-13(18)19/h2,5-6,10H,3-4,7-9H2,1H3,(H,18,19). The number of hydrogen-bond acceptors (Lipinski definition) is 3. The summed E-state index contributed by atoms with van der Waals surface area (Å²) in [7, 11) is 1.38. The molecule has 0 spiro atoms. The van der Waals surface area contributed by atoms with E-state index >= 15 is 0 Å². The van der Waals surface area contributed by atoms with Crippen LogP contribution in [0.4, 0.5) is 4.39 Å². The van der Waals surface area contributed by atoms with E-state index in [1.165, 1.54) is 30.2 Å². The number of hydrogen-bond donors (Lipinski definition) is 1. The van der Waals surface area contributed by atoms with Gasteiger partial charge in [0.2, 0.25) is 0 Å². The lowest BCUT2D eigenvalue weighted by atomic mass is 9.94. The van der Waals surface area contributed by atoms with Crippen LogP contribution < -0.4 is 4.74 Å². The second kappa shape index (κ2) is 6.56. The molecule has 1 unspecified atom stereocenters. The second-order valence-electron chi connectivity index (χ2n) is 5.17. The average molecular weight is 295 g/mol. The van der Waals surface area contributed by atoms with Crippen LogP contribution in [0.2, 0.25) is 0 Å². The zero-order chi connectivity index (χ0) is 15.4. The molecule has 0 saturated carbocycles. The molecule has 6 heteroatoms. The number of rotatable bonds is 4. The predicted molar refractivity (Wildman–Crippen MR) is 73.8 cm³/mol. The van der Waals surface area contributed by atoms with Gasteiger partial charge < -0.3 is 14.7 Å². The highest BCUT2D eigenvalue weighted by atomic mass is 19.1.